The van der Waals surface area contributed by atoms with Gasteiger partial charge >= 0.3 is 24.1 Å². The normalized spacial score (nSPS) is 23.5. The molecule has 0 radical (unpaired) electrons. The maximum absolute atomic E-state index is 13.4. The summed E-state index contributed by atoms with van der Waals surface area (Å²) in [7, 11) is 0. The highest BCUT2D eigenvalue weighted by atomic mass is 16.8. The average molecular weight is 627 g/mol. The second kappa shape index (κ2) is 14.8. The van der Waals surface area contributed by atoms with E-state index in [1.165, 1.54) is 24.3 Å². The number of rotatable bonds is 8. The lowest BCUT2D eigenvalue weighted by atomic mass is 9.85. The summed E-state index contributed by atoms with van der Waals surface area (Å²) in [5, 5.41) is 0. The van der Waals surface area contributed by atoms with Gasteiger partial charge < -0.3 is 28.4 Å². The quantitative estimate of drug-likeness (QED) is 0.170. The van der Waals surface area contributed by atoms with Crippen molar-refractivity contribution in [2.24, 2.45) is 0 Å². The van der Waals surface area contributed by atoms with Crippen molar-refractivity contribution in [1.29, 1.82) is 0 Å². The second-order valence-corrected chi connectivity index (χ2v) is 11.1. The molecule has 46 heavy (non-hydrogen) atoms. The topological polar surface area (TPSA) is 124 Å². The molecule has 1 aliphatic heterocycles. The molecule has 2 fully saturated rings. The molecule has 0 amide bonds. The Hall–Kier alpha value is -5.14. The van der Waals surface area contributed by atoms with Crippen LogP contribution in [0, 0.1) is 12.3 Å². The molecular weight excluding hydrogens is 592 g/mol. The van der Waals surface area contributed by atoms with E-state index < -0.39 is 60.4 Å². The third kappa shape index (κ3) is 7.73. The standard InChI is InChI=1S/C36H34O10/c1-3-36(22-14-7-15-23-36)46-35(40)45-34-30(44-33(39)27-20-12-6-13-21-27)29(43-32(38)26-18-10-5-11-19-26)28(24(2)41-34)42-31(37)25-16-8-4-9-17-25/h1,4-6,8-13,16-21,24,28-30,34H,7,14-15,22-23H2,2H3/t24-,28?,29?,30+,34?/m0/s1. The van der Waals surface area contributed by atoms with Crippen LogP contribution in [0.4, 0.5) is 4.79 Å². The lowest BCUT2D eigenvalue weighted by Gasteiger charge is -2.43. The van der Waals surface area contributed by atoms with E-state index in [2.05, 4.69) is 5.92 Å². The van der Waals surface area contributed by atoms with Gasteiger partial charge in [0.05, 0.1) is 22.8 Å². The molecular formula is C36H34O10. The van der Waals surface area contributed by atoms with Crippen molar-refractivity contribution in [2.75, 3.05) is 0 Å². The second-order valence-electron chi connectivity index (χ2n) is 11.1. The zero-order chi connectivity index (χ0) is 32.5. The number of benzene rings is 3. The van der Waals surface area contributed by atoms with Crippen molar-refractivity contribution in [2.45, 2.75) is 75.3 Å². The number of ether oxygens (including phenoxy) is 6. The van der Waals surface area contributed by atoms with Crippen LogP contribution in [0.3, 0.4) is 0 Å². The van der Waals surface area contributed by atoms with Crippen LogP contribution in [0.2, 0.25) is 0 Å². The molecule has 5 atom stereocenters. The first-order valence-electron chi connectivity index (χ1n) is 15.1. The van der Waals surface area contributed by atoms with Gasteiger partial charge in [-0.15, -0.1) is 6.42 Å². The monoisotopic (exact) mass is 626 g/mol. The van der Waals surface area contributed by atoms with Crippen LogP contribution in [-0.2, 0) is 28.4 Å². The van der Waals surface area contributed by atoms with E-state index in [0.29, 0.717) is 12.8 Å². The molecule has 5 rings (SSSR count). The van der Waals surface area contributed by atoms with Gasteiger partial charge in [-0.2, -0.15) is 0 Å². The van der Waals surface area contributed by atoms with Crippen molar-refractivity contribution >= 4 is 24.1 Å². The van der Waals surface area contributed by atoms with Crippen LogP contribution in [0.1, 0.15) is 70.1 Å². The van der Waals surface area contributed by atoms with E-state index >= 15 is 0 Å². The number of carbonyl (C=O) groups excluding carboxylic acids is 4. The van der Waals surface area contributed by atoms with Crippen molar-refractivity contribution in [3.8, 4) is 12.3 Å². The van der Waals surface area contributed by atoms with Gasteiger partial charge in [-0.05, 0) is 69.0 Å². The highest BCUT2D eigenvalue weighted by Gasteiger charge is 2.53. The van der Waals surface area contributed by atoms with Crippen LogP contribution in [0.5, 0.6) is 0 Å². The fourth-order valence-corrected chi connectivity index (χ4v) is 5.46. The molecule has 0 bridgehead atoms. The highest BCUT2D eigenvalue weighted by molar-refractivity contribution is 5.91. The third-order valence-corrected chi connectivity index (χ3v) is 7.90. The van der Waals surface area contributed by atoms with Crippen LogP contribution in [-0.4, -0.2) is 60.4 Å². The molecule has 1 saturated heterocycles. The van der Waals surface area contributed by atoms with E-state index in [4.69, 9.17) is 34.8 Å². The summed E-state index contributed by atoms with van der Waals surface area (Å²) in [5.41, 5.74) is -0.566. The summed E-state index contributed by atoms with van der Waals surface area (Å²) in [5.74, 6) is 0.224. The Balaban J connectivity index is 1.48. The molecule has 1 aliphatic carbocycles. The molecule has 0 aromatic heterocycles. The molecule has 1 saturated carbocycles. The Morgan fingerprint density at radius 3 is 1.54 bits per heavy atom. The van der Waals surface area contributed by atoms with Crippen molar-refractivity contribution in [3.63, 3.8) is 0 Å². The van der Waals surface area contributed by atoms with E-state index in [1.54, 1.807) is 73.7 Å². The zero-order valence-electron chi connectivity index (χ0n) is 25.2. The summed E-state index contributed by atoms with van der Waals surface area (Å²) < 4.78 is 34.8. The van der Waals surface area contributed by atoms with Crippen molar-refractivity contribution < 1.29 is 47.6 Å². The number of esters is 3. The molecule has 2 aliphatic rings. The first-order chi connectivity index (χ1) is 22.3. The molecule has 238 valence electrons. The summed E-state index contributed by atoms with van der Waals surface area (Å²) in [6.45, 7) is 1.55. The van der Waals surface area contributed by atoms with Gasteiger partial charge in [-0.25, -0.2) is 19.2 Å². The predicted molar refractivity (Wildman–Crippen MR) is 163 cm³/mol. The van der Waals surface area contributed by atoms with Crippen molar-refractivity contribution in [1.82, 2.24) is 0 Å². The number of hydrogen-bond donors (Lipinski definition) is 0. The van der Waals surface area contributed by atoms with Gasteiger partial charge in [0.2, 0.25) is 12.4 Å². The largest absolute Gasteiger partial charge is 0.512 e. The summed E-state index contributed by atoms with van der Waals surface area (Å²) in [4.78, 5) is 53.2. The third-order valence-electron chi connectivity index (χ3n) is 7.90. The molecule has 10 heteroatoms. The van der Waals surface area contributed by atoms with Gasteiger partial charge in [0.25, 0.3) is 0 Å². The maximum atomic E-state index is 13.4. The molecule has 0 N–H and O–H groups in total. The molecule has 10 nitrogen and oxygen atoms in total. The summed E-state index contributed by atoms with van der Waals surface area (Å²) in [6, 6.07) is 24.3. The Morgan fingerprint density at radius 1 is 0.652 bits per heavy atom. The van der Waals surface area contributed by atoms with Crippen LogP contribution in [0.15, 0.2) is 91.0 Å². The summed E-state index contributed by atoms with van der Waals surface area (Å²) in [6.07, 6.45) is 1.03. The minimum Gasteiger partial charge on any atom is -0.452 e. The Labute approximate surface area is 266 Å². The first-order valence-corrected chi connectivity index (χ1v) is 15.1. The van der Waals surface area contributed by atoms with Gasteiger partial charge in [0.1, 0.15) is 0 Å². The smallest absolute Gasteiger partial charge is 0.452 e. The lowest BCUT2D eigenvalue weighted by Crippen LogP contribution is -2.61. The van der Waals surface area contributed by atoms with E-state index in [1.807, 2.05) is 0 Å². The predicted octanol–water partition coefficient (Wildman–Crippen LogP) is 5.90. The van der Waals surface area contributed by atoms with E-state index in [-0.39, 0.29) is 16.7 Å². The number of carbonyl (C=O) groups is 4. The molecule has 1 heterocycles. The SMILES string of the molecule is C#CC1(OC(=O)OC2O[C@@H](C)C(OC(=O)c3ccccc3)C(OC(=O)c3ccccc3)[C@H]2OC(=O)c2ccccc2)CCCCC1. The molecule has 3 aromatic rings. The van der Waals surface area contributed by atoms with Crippen LogP contribution >= 0.6 is 0 Å². The number of hydrogen-bond acceptors (Lipinski definition) is 10. The molecule has 0 spiro atoms. The first kappa shape index (κ1) is 32.3. The molecule has 3 unspecified atom stereocenters. The maximum Gasteiger partial charge on any atom is 0.512 e. The van der Waals surface area contributed by atoms with Crippen molar-refractivity contribution in [3.05, 3.63) is 108 Å². The Kier molecular flexibility index (Phi) is 10.4. The fraction of sp³-hybridized carbons (Fsp3) is 0.333. The fourth-order valence-electron chi connectivity index (χ4n) is 5.46. The van der Waals surface area contributed by atoms with Crippen LogP contribution < -0.4 is 0 Å². The van der Waals surface area contributed by atoms with Gasteiger partial charge in [-0.3, -0.25) is 0 Å². The minimum atomic E-state index is -1.63. The van der Waals surface area contributed by atoms with Gasteiger partial charge in [0, 0.05) is 0 Å². The Bertz CT molecular complexity index is 1540. The lowest BCUT2D eigenvalue weighted by molar-refractivity contribution is -0.279. The van der Waals surface area contributed by atoms with Gasteiger partial charge in [0.15, 0.2) is 17.8 Å². The minimum absolute atomic E-state index is 0.168. The van der Waals surface area contributed by atoms with E-state index in [0.717, 1.165) is 19.3 Å². The average Bonchev–Trinajstić information content (AvgIpc) is 3.09. The van der Waals surface area contributed by atoms with Crippen LogP contribution in [0.25, 0.3) is 0 Å². The Morgan fingerprint density at radius 2 is 1.09 bits per heavy atom. The highest BCUT2D eigenvalue weighted by Crippen LogP contribution is 2.34. The van der Waals surface area contributed by atoms with Gasteiger partial charge in [-0.1, -0.05) is 66.9 Å². The number of terminal acetylenes is 1. The molecule has 3 aromatic carbocycles. The van der Waals surface area contributed by atoms with E-state index in [9.17, 15) is 19.2 Å². The zero-order valence-corrected chi connectivity index (χ0v) is 25.2. The summed E-state index contributed by atoms with van der Waals surface area (Å²) >= 11 is 0.